The molecule has 16 heavy (non-hydrogen) atoms. The highest BCUT2D eigenvalue weighted by Gasteiger charge is 2.08. The van der Waals surface area contributed by atoms with Crippen LogP contribution in [0.1, 0.15) is 25.6 Å². The van der Waals surface area contributed by atoms with Gasteiger partial charge in [-0.2, -0.15) is 0 Å². The summed E-state index contributed by atoms with van der Waals surface area (Å²) in [6.07, 6.45) is 3.18. The van der Waals surface area contributed by atoms with Gasteiger partial charge in [-0.1, -0.05) is 0 Å². The van der Waals surface area contributed by atoms with Crippen molar-refractivity contribution in [1.82, 2.24) is 9.55 Å². The quantitative estimate of drug-likeness (QED) is 0.847. The minimum atomic E-state index is -2.92. The number of aryl methyl sites for hydroxylation is 1. The summed E-state index contributed by atoms with van der Waals surface area (Å²) in [6.45, 7) is 6.42. The molecule has 92 valence electrons. The molecule has 0 aliphatic carbocycles. The van der Waals surface area contributed by atoms with E-state index in [0.29, 0.717) is 12.6 Å². The molecule has 1 heterocycles. The molecule has 1 rings (SSSR count). The predicted octanol–water partition coefficient (Wildman–Crippen LogP) is 1.23. The zero-order valence-corrected chi connectivity index (χ0v) is 11.0. The summed E-state index contributed by atoms with van der Waals surface area (Å²) >= 11 is 0. The minimum absolute atomic E-state index is 0.122. The lowest BCUT2D eigenvalue weighted by molar-refractivity contribution is 0.599. The number of sulfone groups is 1. The van der Waals surface area contributed by atoms with Crippen molar-refractivity contribution in [2.75, 3.05) is 23.9 Å². The lowest BCUT2D eigenvalue weighted by atomic mass is 10.4. The largest absolute Gasteiger partial charge is 0.355 e. The second-order valence-corrected chi connectivity index (χ2v) is 6.52. The molecule has 1 aromatic rings. The zero-order valence-electron chi connectivity index (χ0n) is 10.2. The summed E-state index contributed by atoms with van der Waals surface area (Å²) in [5.74, 6) is 0.855. The van der Waals surface area contributed by atoms with Crippen LogP contribution < -0.4 is 5.32 Å². The fraction of sp³-hybridized carbons (Fsp3) is 0.700. The van der Waals surface area contributed by atoms with Gasteiger partial charge < -0.3 is 9.88 Å². The van der Waals surface area contributed by atoms with Gasteiger partial charge >= 0.3 is 0 Å². The van der Waals surface area contributed by atoms with Crippen LogP contribution >= 0.6 is 0 Å². The van der Waals surface area contributed by atoms with Crippen LogP contribution in [0.4, 0.5) is 5.95 Å². The van der Waals surface area contributed by atoms with Crippen LogP contribution in [-0.2, 0) is 9.84 Å². The zero-order chi connectivity index (χ0) is 12.3. The van der Waals surface area contributed by atoms with E-state index in [4.69, 9.17) is 0 Å². The molecule has 0 bridgehead atoms. The van der Waals surface area contributed by atoms with Crippen LogP contribution in [0.15, 0.2) is 6.20 Å². The van der Waals surface area contributed by atoms with E-state index in [1.165, 1.54) is 6.26 Å². The van der Waals surface area contributed by atoms with Gasteiger partial charge in [-0.05, 0) is 20.8 Å². The highest BCUT2D eigenvalue weighted by Crippen LogP contribution is 2.14. The maximum absolute atomic E-state index is 11.0. The Labute approximate surface area is 96.8 Å². The second-order valence-electron chi connectivity index (χ2n) is 4.26. The van der Waals surface area contributed by atoms with E-state index in [9.17, 15) is 8.42 Å². The predicted molar refractivity (Wildman–Crippen MR) is 65.5 cm³/mol. The van der Waals surface area contributed by atoms with E-state index < -0.39 is 9.84 Å². The van der Waals surface area contributed by atoms with Gasteiger partial charge in [0.05, 0.1) is 11.4 Å². The molecule has 6 heteroatoms. The first-order chi connectivity index (χ1) is 7.29. The second kappa shape index (κ2) is 4.86. The van der Waals surface area contributed by atoms with Crippen molar-refractivity contribution >= 4 is 15.8 Å². The van der Waals surface area contributed by atoms with E-state index in [1.807, 2.05) is 17.7 Å². The Morgan fingerprint density at radius 2 is 2.12 bits per heavy atom. The molecular formula is C10H19N3O2S. The van der Waals surface area contributed by atoms with Crippen molar-refractivity contribution in [3.8, 4) is 0 Å². The molecule has 0 spiro atoms. The number of nitrogens with one attached hydrogen (secondary N) is 1. The Balaban J connectivity index is 2.67. The first-order valence-electron chi connectivity index (χ1n) is 5.26. The molecular weight excluding hydrogens is 226 g/mol. The van der Waals surface area contributed by atoms with Gasteiger partial charge in [0.1, 0.15) is 9.84 Å². The van der Waals surface area contributed by atoms with Gasteiger partial charge in [0.15, 0.2) is 0 Å². The van der Waals surface area contributed by atoms with Gasteiger partial charge in [0, 0.05) is 25.0 Å². The van der Waals surface area contributed by atoms with E-state index in [-0.39, 0.29) is 5.75 Å². The van der Waals surface area contributed by atoms with E-state index in [0.717, 1.165) is 11.6 Å². The summed E-state index contributed by atoms with van der Waals surface area (Å²) in [4.78, 5) is 4.31. The number of anilines is 1. The van der Waals surface area contributed by atoms with Crippen molar-refractivity contribution in [2.45, 2.75) is 26.8 Å². The fourth-order valence-electron chi connectivity index (χ4n) is 1.39. The number of imidazole rings is 1. The summed E-state index contributed by atoms with van der Waals surface area (Å²) in [5, 5.41) is 3.04. The number of hydrogen-bond donors (Lipinski definition) is 1. The van der Waals surface area contributed by atoms with Crippen molar-refractivity contribution in [3.05, 3.63) is 11.9 Å². The third-order valence-corrected chi connectivity index (χ3v) is 3.11. The Hall–Kier alpha value is -1.04. The molecule has 0 fully saturated rings. The van der Waals surface area contributed by atoms with Crippen molar-refractivity contribution in [1.29, 1.82) is 0 Å². The molecule has 0 aromatic carbocycles. The molecule has 0 atom stereocenters. The molecule has 0 saturated carbocycles. The first kappa shape index (κ1) is 13.0. The number of rotatable bonds is 5. The summed E-state index contributed by atoms with van der Waals surface area (Å²) in [5.41, 5.74) is 0.926. The van der Waals surface area contributed by atoms with Crippen LogP contribution in [-0.4, -0.2) is 36.5 Å². The van der Waals surface area contributed by atoms with Gasteiger partial charge in [0.2, 0.25) is 5.95 Å². The van der Waals surface area contributed by atoms with E-state index >= 15 is 0 Å². The average Bonchev–Trinajstić information content (AvgIpc) is 2.44. The Morgan fingerprint density at radius 1 is 1.50 bits per heavy atom. The average molecular weight is 245 g/mol. The Bertz CT molecular complexity index is 449. The lowest BCUT2D eigenvalue weighted by Crippen LogP contribution is -2.17. The van der Waals surface area contributed by atoms with Crippen molar-refractivity contribution in [2.24, 2.45) is 0 Å². The Kier molecular flexibility index (Phi) is 3.96. The van der Waals surface area contributed by atoms with Crippen LogP contribution in [0.2, 0.25) is 0 Å². The lowest BCUT2D eigenvalue weighted by Gasteiger charge is -2.12. The summed E-state index contributed by atoms with van der Waals surface area (Å²) in [7, 11) is -2.92. The minimum Gasteiger partial charge on any atom is -0.355 e. The molecule has 0 amide bonds. The molecule has 0 saturated heterocycles. The summed E-state index contributed by atoms with van der Waals surface area (Å²) in [6, 6.07) is 0.307. The van der Waals surface area contributed by atoms with Crippen LogP contribution in [0, 0.1) is 6.92 Å². The number of hydrogen-bond acceptors (Lipinski definition) is 4. The highest BCUT2D eigenvalue weighted by molar-refractivity contribution is 7.90. The molecule has 5 nitrogen and oxygen atoms in total. The topological polar surface area (TPSA) is 64.0 Å². The SMILES string of the molecule is Cc1cn(C(C)C)c(NCCS(C)(=O)=O)n1. The molecule has 1 aromatic heterocycles. The monoisotopic (exact) mass is 245 g/mol. The normalized spacial score (nSPS) is 12.1. The van der Waals surface area contributed by atoms with Crippen LogP contribution in [0.3, 0.4) is 0 Å². The Morgan fingerprint density at radius 3 is 2.62 bits per heavy atom. The van der Waals surface area contributed by atoms with Gasteiger partial charge in [-0.25, -0.2) is 13.4 Å². The number of aromatic nitrogens is 2. The molecule has 0 aliphatic heterocycles. The maximum Gasteiger partial charge on any atom is 0.203 e. The third kappa shape index (κ3) is 3.84. The maximum atomic E-state index is 11.0. The standard InChI is InChI=1S/C10H19N3O2S/c1-8(2)13-7-9(3)12-10(13)11-5-6-16(4,14)15/h7-8H,5-6H2,1-4H3,(H,11,12). The molecule has 1 N–H and O–H groups in total. The van der Waals surface area contributed by atoms with E-state index in [1.54, 1.807) is 0 Å². The smallest absolute Gasteiger partial charge is 0.203 e. The number of nitrogens with zero attached hydrogens (tertiary/aromatic N) is 2. The summed E-state index contributed by atoms with van der Waals surface area (Å²) < 4.78 is 24.0. The van der Waals surface area contributed by atoms with Crippen molar-refractivity contribution < 1.29 is 8.42 Å². The van der Waals surface area contributed by atoms with Crippen molar-refractivity contribution in [3.63, 3.8) is 0 Å². The highest BCUT2D eigenvalue weighted by atomic mass is 32.2. The molecule has 0 aliphatic rings. The third-order valence-electron chi connectivity index (χ3n) is 2.17. The van der Waals surface area contributed by atoms with Crippen LogP contribution in [0.25, 0.3) is 0 Å². The molecule has 0 radical (unpaired) electrons. The van der Waals surface area contributed by atoms with Gasteiger partial charge in [0.25, 0.3) is 0 Å². The van der Waals surface area contributed by atoms with Gasteiger partial charge in [-0.15, -0.1) is 0 Å². The van der Waals surface area contributed by atoms with Gasteiger partial charge in [-0.3, -0.25) is 0 Å². The molecule has 0 unspecified atom stereocenters. The first-order valence-corrected chi connectivity index (χ1v) is 7.32. The van der Waals surface area contributed by atoms with E-state index in [2.05, 4.69) is 24.1 Å². The van der Waals surface area contributed by atoms with Crippen LogP contribution in [0.5, 0.6) is 0 Å². The fourth-order valence-corrected chi connectivity index (χ4v) is 1.86.